The molecule has 0 amide bonds. The highest BCUT2D eigenvalue weighted by atomic mass is 79.9. The van der Waals surface area contributed by atoms with E-state index in [9.17, 15) is 4.79 Å². The first kappa shape index (κ1) is 13.4. The van der Waals surface area contributed by atoms with Gasteiger partial charge in [-0.15, -0.1) is 11.3 Å². The van der Waals surface area contributed by atoms with E-state index in [0.717, 1.165) is 31.0 Å². The first-order valence-corrected chi connectivity index (χ1v) is 8.31. The van der Waals surface area contributed by atoms with E-state index in [1.807, 2.05) is 23.6 Å². The van der Waals surface area contributed by atoms with Crippen molar-refractivity contribution in [1.29, 1.82) is 0 Å². The largest absolute Gasteiger partial charge is 0.323 e. The van der Waals surface area contributed by atoms with Crippen LogP contribution in [-0.4, -0.2) is 9.97 Å². The molecule has 0 aliphatic rings. The van der Waals surface area contributed by atoms with Crippen molar-refractivity contribution in [3.05, 3.63) is 54.0 Å². The van der Waals surface area contributed by atoms with Crippen LogP contribution in [0, 0.1) is 0 Å². The van der Waals surface area contributed by atoms with Crippen LogP contribution in [-0.2, 0) is 0 Å². The van der Waals surface area contributed by atoms with Gasteiger partial charge in [0.2, 0.25) is 0 Å². The molecule has 1 atom stereocenters. The van der Waals surface area contributed by atoms with E-state index in [1.54, 1.807) is 11.3 Å². The van der Waals surface area contributed by atoms with E-state index in [0.29, 0.717) is 0 Å². The van der Waals surface area contributed by atoms with Gasteiger partial charge >= 0.3 is 5.69 Å². The Hall–Kier alpha value is -0.560. The molecule has 3 nitrogen and oxygen atoms in total. The highest BCUT2D eigenvalue weighted by Crippen LogP contribution is 2.42. The zero-order valence-corrected chi connectivity index (χ0v) is 14.1. The quantitative estimate of drug-likeness (QED) is 0.572. The molecule has 0 aliphatic heterocycles. The summed E-state index contributed by atoms with van der Waals surface area (Å²) < 4.78 is 0.918. The average molecular weight is 423 g/mol. The third-order valence-corrected chi connectivity index (χ3v) is 6.15. The van der Waals surface area contributed by atoms with E-state index in [4.69, 9.17) is 11.6 Å². The zero-order valence-electron chi connectivity index (χ0n) is 9.34. The molecule has 19 heavy (non-hydrogen) atoms. The number of halogens is 3. The maximum absolute atomic E-state index is 11.3. The molecule has 1 unspecified atom stereocenters. The number of fused-ring (bicyclic) bond motifs is 1. The molecular weight excluding hydrogens is 415 g/mol. The molecule has 0 aliphatic carbocycles. The first-order valence-electron chi connectivity index (χ1n) is 5.34. The monoisotopic (exact) mass is 420 g/mol. The summed E-state index contributed by atoms with van der Waals surface area (Å²) >= 11 is 14.9. The maximum Gasteiger partial charge on any atom is 0.323 e. The number of hydrogen-bond donors (Lipinski definition) is 2. The smallest absolute Gasteiger partial charge is 0.306 e. The topological polar surface area (TPSA) is 48.6 Å². The van der Waals surface area contributed by atoms with Gasteiger partial charge in [0, 0.05) is 9.35 Å². The van der Waals surface area contributed by atoms with Gasteiger partial charge in [0.05, 0.1) is 20.9 Å². The number of imidazole rings is 1. The fourth-order valence-corrected chi connectivity index (χ4v) is 5.01. The van der Waals surface area contributed by atoms with Gasteiger partial charge in [-0.1, -0.05) is 43.5 Å². The predicted octanol–water partition coefficient (Wildman–Crippen LogP) is 4.82. The van der Waals surface area contributed by atoms with Crippen LogP contribution in [0.3, 0.4) is 0 Å². The van der Waals surface area contributed by atoms with Crippen molar-refractivity contribution in [3.63, 3.8) is 0 Å². The second kappa shape index (κ2) is 5.09. The summed E-state index contributed by atoms with van der Waals surface area (Å²) in [6.07, 6.45) is 0. The van der Waals surface area contributed by atoms with Crippen molar-refractivity contribution in [2.75, 3.05) is 0 Å². The molecule has 0 saturated carbocycles. The highest BCUT2D eigenvalue weighted by molar-refractivity contribution is 9.11. The minimum absolute atomic E-state index is 0.0165. The van der Waals surface area contributed by atoms with Crippen molar-refractivity contribution in [1.82, 2.24) is 9.97 Å². The third-order valence-electron chi connectivity index (χ3n) is 2.78. The van der Waals surface area contributed by atoms with Crippen molar-refractivity contribution in [2.45, 2.75) is 4.83 Å². The Morgan fingerprint density at radius 3 is 2.58 bits per heavy atom. The second-order valence-electron chi connectivity index (χ2n) is 3.99. The summed E-state index contributed by atoms with van der Waals surface area (Å²) in [6.45, 7) is 0. The maximum atomic E-state index is 11.3. The number of rotatable bonds is 2. The van der Waals surface area contributed by atoms with Gasteiger partial charge in [-0.2, -0.15) is 0 Å². The SMILES string of the molecule is O=c1[nH]c2cc(Br)c(C(Br)c3sccc3Cl)cc2[nH]1. The zero-order chi connectivity index (χ0) is 13.6. The highest BCUT2D eigenvalue weighted by Gasteiger charge is 2.19. The number of nitrogens with one attached hydrogen (secondary N) is 2. The van der Waals surface area contributed by atoms with Crippen molar-refractivity contribution >= 4 is 65.8 Å². The molecule has 0 radical (unpaired) electrons. The van der Waals surface area contributed by atoms with E-state index in [2.05, 4.69) is 41.8 Å². The van der Waals surface area contributed by atoms with Gasteiger partial charge in [0.1, 0.15) is 0 Å². The first-order chi connectivity index (χ1) is 9.06. The van der Waals surface area contributed by atoms with E-state index in [1.165, 1.54) is 0 Å². The molecule has 2 heterocycles. The number of H-pyrrole nitrogens is 2. The molecule has 1 aromatic carbocycles. The Kier molecular flexibility index (Phi) is 3.59. The minimum atomic E-state index is -0.209. The fraction of sp³-hybridized carbons (Fsp3) is 0.0833. The minimum Gasteiger partial charge on any atom is -0.306 e. The predicted molar refractivity (Wildman–Crippen MR) is 86.7 cm³/mol. The molecule has 0 saturated heterocycles. The van der Waals surface area contributed by atoms with Crippen molar-refractivity contribution < 1.29 is 0 Å². The van der Waals surface area contributed by atoms with Crippen molar-refractivity contribution in [2.24, 2.45) is 0 Å². The van der Waals surface area contributed by atoms with Gasteiger partial charge in [0.15, 0.2) is 0 Å². The van der Waals surface area contributed by atoms with E-state index >= 15 is 0 Å². The molecule has 3 rings (SSSR count). The lowest BCUT2D eigenvalue weighted by Crippen LogP contribution is -1.99. The fourth-order valence-electron chi connectivity index (χ4n) is 1.89. The van der Waals surface area contributed by atoms with Crippen molar-refractivity contribution in [3.8, 4) is 0 Å². The van der Waals surface area contributed by atoms with Gasteiger partial charge in [0.25, 0.3) is 0 Å². The van der Waals surface area contributed by atoms with Gasteiger partial charge in [-0.05, 0) is 29.1 Å². The van der Waals surface area contributed by atoms with Crippen LogP contribution in [0.4, 0.5) is 0 Å². The Balaban J connectivity index is 2.16. The van der Waals surface area contributed by atoms with Crippen LogP contribution in [0.1, 0.15) is 15.3 Å². The lowest BCUT2D eigenvalue weighted by molar-refractivity contribution is 1.21. The number of alkyl halides is 1. The second-order valence-corrected chi connectivity index (χ2v) is 7.12. The summed E-state index contributed by atoms with van der Waals surface area (Å²) in [6, 6.07) is 5.70. The van der Waals surface area contributed by atoms with Crippen LogP contribution in [0.2, 0.25) is 5.02 Å². The number of thiophene rings is 1. The van der Waals surface area contributed by atoms with E-state index in [-0.39, 0.29) is 10.5 Å². The summed E-state index contributed by atoms with van der Waals surface area (Å²) in [7, 11) is 0. The Morgan fingerprint density at radius 2 is 1.95 bits per heavy atom. The standard InChI is InChI=1S/C12H7Br2ClN2OS/c13-6-4-9-8(16-12(18)17-9)3-5(6)10(14)11-7(15)1-2-19-11/h1-4,10H,(H2,16,17,18). The molecule has 7 heteroatoms. The molecule has 0 bridgehead atoms. The lowest BCUT2D eigenvalue weighted by atomic mass is 10.1. The average Bonchev–Trinajstić information content (AvgIpc) is 2.92. The Bertz CT molecular complexity index is 808. The summed E-state index contributed by atoms with van der Waals surface area (Å²) in [5, 5.41) is 2.69. The van der Waals surface area contributed by atoms with Crippen LogP contribution >= 0.6 is 54.8 Å². The van der Waals surface area contributed by atoms with E-state index < -0.39 is 0 Å². The van der Waals surface area contributed by atoms with Gasteiger partial charge in [-0.3, -0.25) is 0 Å². The number of aromatic nitrogens is 2. The summed E-state index contributed by atoms with van der Waals surface area (Å²) in [5.74, 6) is 0. The van der Waals surface area contributed by atoms with Crippen LogP contribution in [0.25, 0.3) is 11.0 Å². The van der Waals surface area contributed by atoms with Gasteiger partial charge < -0.3 is 9.97 Å². The normalized spacial score (nSPS) is 13.0. The Morgan fingerprint density at radius 1 is 1.26 bits per heavy atom. The molecule has 2 N–H and O–H groups in total. The number of aromatic amines is 2. The summed E-state index contributed by atoms with van der Waals surface area (Å²) in [4.78, 5) is 17.8. The molecular formula is C12H7Br2ClN2OS. The molecule has 0 spiro atoms. The molecule has 2 aromatic heterocycles. The number of hydrogen-bond acceptors (Lipinski definition) is 2. The van der Waals surface area contributed by atoms with Gasteiger partial charge in [-0.25, -0.2) is 4.79 Å². The molecule has 0 fully saturated rings. The molecule has 98 valence electrons. The molecule has 3 aromatic rings. The third kappa shape index (κ3) is 2.42. The van der Waals surface area contributed by atoms with Crippen LogP contribution < -0.4 is 5.69 Å². The van der Waals surface area contributed by atoms with Crippen LogP contribution in [0.5, 0.6) is 0 Å². The van der Waals surface area contributed by atoms with Crippen LogP contribution in [0.15, 0.2) is 32.8 Å². The lowest BCUT2D eigenvalue weighted by Gasteiger charge is -2.11. The number of benzene rings is 1. The summed E-state index contributed by atoms with van der Waals surface area (Å²) in [5.41, 5.74) is 2.37. The Labute approximate surface area is 134 Å².